The number of carbonyl (C=O) groups is 2. The van der Waals surface area contributed by atoms with Crippen LogP contribution in [0.3, 0.4) is 0 Å². The van der Waals surface area contributed by atoms with Crippen molar-refractivity contribution in [3.05, 3.63) is 24.3 Å². The Hall–Kier alpha value is -2.24. The number of para-hydroxylation sites is 2. The van der Waals surface area contributed by atoms with E-state index in [1.165, 1.54) is 0 Å². The summed E-state index contributed by atoms with van der Waals surface area (Å²) in [6, 6.07) is 7.59. The molecule has 0 radical (unpaired) electrons. The molecule has 2 fully saturated rings. The summed E-state index contributed by atoms with van der Waals surface area (Å²) in [5.41, 5.74) is 0. The summed E-state index contributed by atoms with van der Waals surface area (Å²) in [6.07, 6.45) is 4.80. The van der Waals surface area contributed by atoms with E-state index in [0.29, 0.717) is 44.4 Å². The van der Waals surface area contributed by atoms with Crippen LogP contribution >= 0.6 is 0 Å². The van der Waals surface area contributed by atoms with E-state index in [1.807, 2.05) is 31.2 Å². The Bertz CT molecular complexity index is 630. The second-order valence-corrected chi connectivity index (χ2v) is 6.86. The minimum absolute atomic E-state index is 0.0141. The average molecular weight is 360 g/mol. The summed E-state index contributed by atoms with van der Waals surface area (Å²) in [7, 11) is 0. The number of ether oxygens (including phenoxy) is 2. The van der Waals surface area contributed by atoms with Crippen LogP contribution < -0.4 is 14.8 Å². The molecule has 0 spiro atoms. The van der Waals surface area contributed by atoms with Gasteiger partial charge in [0.15, 0.2) is 11.5 Å². The quantitative estimate of drug-likeness (QED) is 0.687. The summed E-state index contributed by atoms with van der Waals surface area (Å²) in [5, 5.41) is 3.02. The van der Waals surface area contributed by atoms with Crippen molar-refractivity contribution in [2.45, 2.75) is 57.5 Å². The van der Waals surface area contributed by atoms with Crippen LogP contribution in [0.5, 0.6) is 11.5 Å². The first-order valence-electron chi connectivity index (χ1n) is 9.63. The Morgan fingerprint density at radius 3 is 2.58 bits per heavy atom. The molecule has 1 aromatic rings. The summed E-state index contributed by atoms with van der Waals surface area (Å²) in [6.45, 7) is 3.64. The van der Waals surface area contributed by atoms with Gasteiger partial charge >= 0.3 is 0 Å². The number of amides is 2. The molecular formula is C20H28N2O4. The lowest BCUT2D eigenvalue weighted by atomic mass is 10.2. The van der Waals surface area contributed by atoms with Crippen LogP contribution in [-0.4, -0.2) is 48.6 Å². The Morgan fingerprint density at radius 1 is 1.15 bits per heavy atom. The van der Waals surface area contributed by atoms with Gasteiger partial charge in [-0.05, 0) is 51.2 Å². The summed E-state index contributed by atoms with van der Waals surface area (Å²) in [5.74, 6) is 1.47. The maximum Gasteiger partial charge on any atom is 0.243 e. The highest BCUT2D eigenvalue weighted by Gasteiger charge is 2.36. The number of hydrogen-bond acceptors (Lipinski definition) is 4. The first-order valence-corrected chi connectivity index (χ1v) is 9.63. The minimum atomic E-state index is -0.289. The molecule has 1 atom stereocenters. The van der Waals surface area contributed by atoms with Crippen molar-refractivity contribution in [2.75, 3.05) is 19.8 Å². The van der Waals surface area contributed by atoms with Gasteiger partial charge in [-0.25, -0.2) is 0 Å². The van der Waals surface area contributed by atoms with Gasteiger partial charge < -0.3 is 19.7 Å². The van der Waals surface area contributed by atoms with E-state index in [2.05, 4.69) is 5.32 Å². The van der Waals surface area contributed by atoms with Crippen molar-refractivity contribution in [3.63, 3.8) is 0 Å². The van der Waals surface area contributed by atoms with E-state index in [4.69, 9.17) is 9.47 Å². The molecule has 1 aliphatic carbocycles. The van der Waals surface area contributed by atoms with Gasteiger partial charge in [0.25, 0.3) is 0 Å². The molecule has 0 bridgehead atoms. The van der Waals surface area contributed by atoms with Crippen molar-refractivity contribution < 1.29 is 19.1 Å². The summed E-state index contributed by atoms with van der Waals surface area (Å²) in [4.78, 5) is 26.5. The normalized spacial score (nSPS) is 19.3. The lowest BCUT2D eigenvalue weighted by molar-refractivity contribution is -0.138. The van der Waals surface area contributed by atoms with Gasteiger partial charge in [-0.15, -0.1) is 0 Å². The smallest absolute Gasteiger partial charge is 0.243 e. The van der Waals surface area contributed by atoms with Gasteiger partial charge in [-0.3, -0.25) is 9.59 Å². The summed E-state index contributed by atoms with van der Waals surface area (Å²) >= 11 is 0. The maximum atomic E-state index is 12.5. The molecule has 26 heavy (non-hydrogen) atoms. The fourth-order valence-corrected chi connectivity index (χ4v) is 3.26. The van der Waals surface area contributed by atoms with Crippen LogP contribution in [-0.2, 0) is 9.59 Å². The van der Waals surface area contributed by atoms with Crippen molar-refractivity contribution in [2.24, 2.45) is 0 Å². The molecule has 1 aliphatic heterocycles. The van der Waals surface area contributed by atoms with Gasteiger partial charge in [0.2, 0.25) is 11.8 Å². The van der Waals surface area contributed by atoms with Crippen molar-refractivity contribution >= 4 is 11.8 Å². The molecule has 142 valence electrons. The highest BCUT2D eigenvalue weighted by atomic mass is 16.5. The molecule has 2 amide bonds. The molecule has 1 saturated carbocycles. The van der Waals surface area contributed by atoms with Crippen LogP contribution in [0.4, 0.5) is 0 Å². The molecule has 6 nitrogen and oxygen atoms in total. The second kappa shape index (κ2) is 8.92. The molecule has 1 aromatic carbocycles. The molecule has 1 saturated heterocycles. The summed E-state index contributed by atoms with van der Waals surface area (Å²) < 4.78 is 11.3. The zero-order chi connectivity index (χ0) is 18.4. The van der Waals surface area contributed by atoms with E-state index >= 15 is 0 Å². The Labute approximate surface area is 154 Å². The molecule has 2 aliphatic rings. The topological polar surface area (TPSA) is 67.9 Å². The molecule has 1 heterocycles. The average Bonchev–Trinajstić information content (AvgIpc) is 3.31. The fourth-order valence-electron chi connectivity index (χ4n) is 3.26. The lowest BCUT2D eigenvalue weighted by Crippen LogP contribution is -2.46. The third kappa shape index (κ3) is 4.90. The fraction of sp³-hybridized carbons (Fsp3) is 0.600. The largest absolute Gasteiger partial charge is 0.490 e. The van der Waals surface area contributed by atoms with Gasteiger partial charge in [0, 0.05) is 19.0 Å². The SMILES string of the molecule is CCOc1ccccc1OCCCC(=O)N1CCCC1C(=O)NC1CC1. The van der Waals surface area contributed by atoms with Gasteiger partial charge in [-0.1, -0.05) is 12.1 Å². The molecule has 1 unspecified atom stereocenters. The third-order valence-corrected chi connectivity index (χ3v) is 4.74. The second-order valence-electron chi connectivity index (χ2n) is 6.86. The van der Waals surface area contributed by atoms with Crippen LogP contribution in [0.15, 0.2) is 24.3 Å². The number of carbonyl (C=O) groups excluding carboxylic acids is 2. The Balaban J connectivity index is 1.43. The highest BCUT2D eigenvalue weighted by Crippen LogP contribution is 2.27. The number of hydrogen-bond donors (Lipinski definition) is 1. The zero-order valence-electron chi connectivity index (χ0n) is 15.4. The molecule has 1 N–H and O–H groups in total. The number of likely N-dealkylation sites (tertiary alicyclic amines) is 1. The predicted octanol–water partition coefficient (Wildman–Crippen LogP) is 2.51. The number of nitrogens with one attached hydrogen (secondary N) is 1. The highest BCUT2D eigenvalue weighted by molar-refractivity contribution is 5.88. The minimum Gasteiger partial charge on any atom is -0.490 e. The number of rotatable bonds is 9. The maximum absolute atomic E-state index is 12.5. The first-order chi connectivity index (χ1) is 12.7. The van der Waals surface area contributed by atoms with E-state index in [9.17, 15) is 9.59 Å². The van der Waals surface area contributed by atoms with Crippen molar-refractivity contribution in [1.82, 2.24) is 10.2 Å². The Kier molecular flexibility index (Phi) is 6.36. The predicted molar refractivity (Wildman–Crippen MR) is 98.2 cm³/mol. The first kappa shape index (κ1) is 18.5. The molecule has 3 rings (SSSR count). The van der Waals surface area contributed by atoms with Gasteiger partial charge in [0.1, 0.15) is 6.04 Å². The van der Waals surface area contributed by atoms with E-state index < -0.39 is 0 Å². The lowest BCUT2D eigenvalue weighted by Gasteiger charge is -2.24. The van der Waals surface area contributed by atoms with Gasteiger partial charge in [0.05, 0.1) is 13.2 Å². The zero-order valence-corrected chi connectivity index (χ0v) is 15.4. The standard InChI is InChI=1S/C20H28N2O4/c1-2-25-17-8-3-4-9-18(17)26-14-6-10-19(23)22-13-5-7-16(22)20(24)21-15-11-12-15/h3-4,8-9,15-16H,2,5-7,10-14H2,1H3,(H,21,24). The van der Waals surface area contributed by atoms with E-state index in [0.717, 1.165) is 31.4 Å². The molecule has 0 aromatic heterocycles. The van der Waals surface area contributed by atoms with Crippen LogP contribution in [0.2, 0.25) is 0 Å². The number of nitrogens with zero attached hydrogens (tertiary/aromatic N) is 1. The molecule has 6 heteroatoms. The number of benzene rings is 1. The van der Waals surface area contributed by atoms with Crippen molar-refractivity contribution in [1.29, 1.82) is 0 Å². The van der Waals surface area contributed by atoms with Crippen molar-refractivity contribution in [3.8, 4) is 11.5 Å². The van der Waals surface area contributed by atoms with Crippen LogP contribution in [0.25, 0.3) is 0 Å². The van der Waals surface area contributed by atoms with Crippen LogP contribution in [0, 0.1) is 0 Å². The third-order valence-electron chi connectivity index (χ3n) is 4.74. The van der Waals surface area contributed by atoms with E-state index in [-0.39, 0.29) is 17.9 Å². The van der Waals surface area contributed by atoms with Gasteiger partial charge in [-0.2, -0.15) is 0 Å². The Morgan fingerprint density at radius 2 is 1.88 bits per heavy atom. The van der Waals surface area contributed by atoms with E-state index in [1.54, 1.807) is 4.90 Å². The monoisotopic (exact) mass is 360 g/mol. The van der Waals surface area contributed by atoms with Crippen LogP contribution in [0.1, 0.15) is 45.4 Å². The molecular weight excluding hydrogens is 332 g/mol.